The molecular weight excluding hydrogens is 481 g/mol. The first-order chi connectivity index (χ1) is 15.7. The predicted molar refractivity (Wildman–Crippen MR) is 117 cm³/mol. The highest BCUT2D eigenvalue weighted by atomic mass is 35.5. The van der Waals surface area contributed by atoms with Crippen LogP contribution in [0, 0.1) is 5.82 Å². The quantitative estimate of drug-likeness (QED) is 0.455. The van der Waals surface area contributed by atoms with E-state index in [-0.39, 0.29) is 23.0 Å². The fourth-order valence-electron chi connectivity index (χ4n) is 2.95. The van der Waals surface area contributed by atoms with E-state index < -0.39 is 39.8 Å². The number of nitrogens with zero attached hydrogens (tertiary/aromatic N) is 1. The fraction of sp³-hybridized carbons (Fsp3) is 0.136. The van der Waals surface area contributed by atoms with Crippen LogP contribution in [-0.2, 0) is 21.4 Å². The van der Waals surface area contributed by atoms with Crippen molar-refractivity contribution in [3.63, 3.8) is 0 Å². The van der Waals surface area contributed by atoms with E-state index >= 15 is 0 Å². The third-order valence-electron chi connectivity index (χ3n) is 4.46. The molecule has 0 spiro atoms. The molecule has 0 saturated carbocycles. The van der Waals surface area contributed by atoms with Gasteiger partial charge >= 0.3 is 6.61 Å². The van der Waals surface area contributed by atoms with Crippen molar-refractivity contribution in [1.82, 2.24) is 4.31 Å². The summed E-state index contributed by atoms with van der Waals surface area (Å²) < 4.78 is 71.1. The molecule has 0 atom stereocenters. The number of alkyl halides is 2. The van der Waals surface area contributed by atoms with Crippen molar-refractivity contribution < 1.29 is 31.1 Å². The molecule has 0 aliphatic heterocycles. The summed E-state index contributed by atoms with van der Waals surface area (Å²) in [7, 11) is -4.48. The molecule has 11 heteroatoms. The van der Waals surface area contributed by atoms with Crippen LogP contribution < -0.4 is 10.1 Å². The first-order valence-corrected chi connectivity index (χ1v) is 11.3. The van der Waals surface area contributed by atoms with Crippen LogP contribution in [0.4, 0.5) is 18.9 Å². The third kappa shape index (κ3) is 6.25. The van der Waals surface area contributed by atoms with Gasteiger partial charge in [0.05, 0.1) is 12.2 Å². The number of carbonyl (C=O) groups is 1. The first kappa shape index (κ1) is 24.6. The Morgan fingerprint density at radius 2 is 1.64 bits per heavy atom. The Morgan fingerprint density at radius 3 is 2.33 bits per heavy atom. The number of para-hydroxylation sites is 2. The second kappa shape index (κ2) is 10.7. The topological polar surface area (TPSA) is 75.7 Å². The van der Waals surface area contributed by atoms with Gasteiger partial charge in [0.25, 0.3) is 0 Å². The summed E-state index contributed by atoms with van der Waals surface area (Å²) in [5, 5.41) is 2.61. The predicted octanol–water partition coefficient (Wildman–Crippen LogP) is 4.91. The Bertz CT molecular complexity index is 1240. The highest BCUT2D eigenvalue weighted by Crippen LogP contribution is 2.27. The van der Waals surface area contributed by atoms with Crippen molar-refractivity contribution in [3.8, 4) is 5.75 Å². The van der Waals surface area contributed by atoms with Gasteiger partial charge in [-0.15, -0.1) is 0 Å². The number of hydrogen-bond acceptors (Lipinski definition) is 4. The molecule has 0 fully saturated rings. The van der Waals surface area contributed by atoms with E-state index in [0.717, 1.165) is 16.4 Å². The molecule has 0 heterocycles. The van der Waals surface area contributed by atoms with Crippen molar-refractivity contribution in [2.24, 2.45) is 0 Å². The summed E-state index contributed by atoms with van der Waals surface area (Å²) in [5.41, 5.74) is 0.303. The summed E-state index contributed by atoms with van der Waals surface area (Å²) >= 11 is 6.15. The van der Waals surface area contributed by atoms with Crippen LogP contribution in [0.25, 0.3) is 0 Å². The highest BCUT2D eigenvalue weighted by Gasteiger charge is 2.30. The van der Waals surface area contributed by atoms with E-state index in [1.807, 2.05) is 0 Å². The van der Waals surface area contributed by atoms with Crippen LogP contribution in [0.5, 0.6) is 5.75 Å². The molecule has 0 bridgehead atoms. The monoisotopic (exact) mass is 498 g/mol. The van der Waals surface area contributed by atoms with E-state index in [0.29, 0.717) is 5.56 Å². The zero-order valence-corrected chi connectivity index (χ0v) is 18.5. The zero-order chi connectivity index (χ0) is 24.0. The fourth-order valence-corrected chi connectivity index (χ4v) is 4.59. The number of carbonyl (C=O) groups excluding carboxylic acids is 1. The van der Waals surface area contributed by atoms with Crippen molar-refractivity contribution in [1.29, 1.82) is 0 Å². The Hall–Kier alpha value is -3.08. The van der Waals surface area contributed by atoms with Gasteiger partial charge < -0.3 is 10.1 Å². The number of hydrogen-bond donors (Lipinski definition) is 1. The van der Waals surface area contributed by atoms with E-state index in [2.05, 4.69) is 10.1 Å². The summed E-state index contributed by atoms with van der Waals surface area (Å²) in [6, 6.07) is 16.6. The lowest BCUT2D eigenvalue weighted by Crippen LogP contribution is -2.38. The van der Waals surface area contributed by atoms with Gasteiger partial charge in [-0.05, 0) is 35.9 Å². The molecular formula is C22H18ClF3N2O4S. The molecule has 0 unspecified atom stereocenters. The number of nitrogens with one attached hydrogen (secondary N) is 1. The van der Waals surface area contributed by atoms with Gasteiger partial charge in [0.2, 0.25) is 15.9 Å². The van der Waals surface area contributed by atoms with E-state index in [9.17, 15) is 26.4 Å². The molecule has 3 aromatic carbocycles. The Balaban J connectivity index is 1.91. The molecule has 174 valence electrons. The number of sulfonamides is 1. The third-order valence-corrected chi connectivity index (χ3v) is 6.65. The number of benzene rings is 3. The SMILES string of the molecule is O=C(CN(Cc1ccccc1Cl)S(=O)(=O)c1ccccc1F)Nc1ccccc1OC(F)F. The maximum atomic E-state index is 14.3. The standard InChI is InChI=1S/C22H18ClF3N2O4S/c23-16-8-2-1-7-15(16)13-28(33(30,31)20-12-6-3-9-17(20)24)14-21(29)27-18-10-4-5-11-19(18)32-22(25)26/h1-12,22H,13-14H2,(H,27,29). The van der Waals surface area contributed by atoms with Gasteiger partial charge in [0.15, 0.2) is 0 Å². The lowest BCUT2D eigenvalue weighted by Gasteiger charge is -2.23. The van der Waals surface area contributed by atoms with Crippen LogP contribution in [0.1, 0.15) is 5.56 Å². The minimum atomic E-state index is -4.48. The number of anilines is 1. The zero-order valence-electron chi connectivity index (χ0n) is 16.9. The molecule has 0 radical (unpaired) electrons. The number of amides is 1. The van der Waals surface area contributed by atoms with Crippen molar-refractivity contribution >= 4 is 33.2 Å². The largest absolute Gasteiger partial charge is 0.433 e. The lowest BCUT2D eigenvalue weighted by molar-refractivity contribution is -0.116. The number of rotatable bonds is 9. The Kier molecular flexibility index (Phi) is 7.96. The van der Waals surface area contributed by atoms with Gasteiger partial charge in [-0.25, -0.2) is 12.8 Å². The van der Waals surface area contributed by atoms with Crippen LogP contribution in [0.3, 0.4) is 0 Å². The summed E-state index contributed by atoms with van der Waals surface area (Å²) in [5.74, 6) is -2.14. The van der Waals surface area contributed by atoms with Gasteiger partial charge in [0.1, 0.15) is 16.5 Å². The van der Waals surface area contributed by atoms with Crippen LogP contribution in [-0.4, -0.2) is 31.8 Å². The number of halogens is 4. The highest BCUT2D eigenvalue weighted by molar-refractivity contribution is 7.89. The molecule has 0 aromatic heterocycles. The molecule has 33 heavy (non-hydrogen) atoms. The van der Waals surface area contributed by atoms with Gasteiger partial charge in [0, 0.05) is 11.6 Å². The maximum Gasteiger partial charge on any atom is 0.387 e. The Labute approximate surface area is 193 Å². The first-order valence-electron chi connectivity index (χ1n) is 9.50. The van der Waals surface area contributed by atoms with Crippen molar-refractivity contribution in [2.45, 2.75) is 18.1 Å². The molecule has 0 aliphatic rings. The summed E-state index contributed by atoms with van der Waals surface area (Å²) in [6.45, 7) is -4.20. The average Bonchev–Trinajstić information content (AvgIpc) is 2.76. The van der Waals surface area contributed by atoms with Crippen LogP contribution in [0.2, 0.25) is 5.02 Å². The van der Waals surface area contributed by atoms with E-state index in [1.54, 1.807) is 24.3 Å². The normalized spacial score (nSPS) is 11.6. The summed E-state index contributed by atoms with van der Waals surface area (Å²) in [6.07, 6.45) is 0. The second-order valence-electron chi connectivity index (χ2n) is 6.72. The van der Waals surface area contributed by atoms with E-state index in [1.165, 1.54) is 36.4 Å². The van der Waals surface area contributed by atoms with Gasteiger partial charge in [-0.2, -0.15) is 13.1 Å². The smallest absolute Gasteiger partial charge is 0.387 e. The van der Waals surface area contributed by atoms with Gasteiger partial charge in [-0.3, -0.25) is 4.79 Å². The average molecular weight is 499 g/mol. The lowest BCUT2D eigenvalue weighted by atomic mass is 10.2. The summed E-state index contributed by atoms with van der Waals surface area (Å²) in [4.78, 5) is 12.1. The van der Waals surface area contributed by atoms with Crippen molar-refractivity contribution in [2.75, 3.05) is 11.9 Å². The van der Waals surface area contributed by atoms with E-state index in [4.69, 9.17) is 11.6 Å². The minimum absolute atomic E-state index is 0.0798. The molecule has 6 nitrogen and oxygen atoms in total. The number of ether oxygens (including phenoxy) is 1. The van der Waals surface area contributed by atoms with Crippen molar-refractivity contribution in [3.05, 3.63) is 89.2 Å². The van der Waals surface area contributed by atoms with Crippen LogP contribution >= 0.6 is 11.6 Å². The molecule has 1 N–H and O–H groups in total. The second-order valence-corrected chi connectivity index (χ2v) is 9.03. The molecule has 3 aromatic rings. The molecule has 3 rings (SSSR count). The molecule has 0 aliphatic carbocycles. The van der Waals surface area contributed by atoms with Gasteiger partial charge in [-0.1, -0.05) is 54.1 Å². The molecule has 0 saturated heterocycles. The minimum Gasteiger partial charge on any atom is -0.433 e. The van der Waals surface area contributed by atoms with Crippen LogP contribution in [0.15, 0.2) is 77.7 Å². The maximum absolute atomic E-state index is 14.3. The molecule has 1 amide bonds. The Morgan fingerprint density at radius 1 is 1.00 bits per heavy atom.